The molecule has 1 N–H and O–H groups in total. The summed E-state index contributed by atoms with van der Waals surface area (Å²) in [7, 11) is 2.00. The topological polar surface area (TPSA) is 34.1 Å². The first-order valence-corrected chi connectivity index (χ1v) is 5.52. The van der Waals surface area contributed by atoms with Gasteiger partial charge in [-0.15, -0.1) is 0 Å². The molecule has 0 aliphatic heterocycles. The second-order valence-corrected chi connectivity index (χ2v) is 4.27. The Morgan fingerprint density at radius 1 is 1.53 bits per heavy atom. The highest BCUT2D eigenvalue weighted by Gasteiger charge is 2.29. The molecule has 2 rings (SSSR count). The zero-order chi connectivity index (χ0) is 10.7. The van der Waals surface area contributed by atoms with Crippen molar-refractivity contribution in [3.8, 4) is 5.75 Å². The molecule has 82 valence electrons. The molecule has 15 heavy (non-hydrogen) atoms. The van der Waals surface area contributed by atoms with E-state index in [9.17, 15) is 0 Å². The third kappa shape index (κ3) is 2.69. The van der Waals surface area contributed by atoms with Crippen LogP contribution in [0, 0.1) is 12.8 Å². The summed E-state index contributed by atoms with van der Waals surface area (Å²) in [6.45, 7) is 3.09. The first kappa shape index (κ1) is 10.4. The van der Waals surface area contributed by atoms with E-state index in [0.717, 1.165) is 23.9 Å². The van der Waals surface area contributed by atoms with E-state index in [4.69, 9.17) is 4.74 Å². The van der Waals surface area contributed by atoms with Crippen LogP contribution >= 0.6 is 0 Å². The molecule has 0 aromatic carbocycles. The van der Waals surface area contributed by atoms with Crippen molar-refractivity contribution in [2.45, 2.75) is 25.9 Å². The molecule has 1 heterocycles. The van der Waals surface area contributed by atoms with E-state index in [-0.39, 0.29) is 0 Å². The van der Waals surface area contributed by atoms with Gasteiger partial charge < -0.3 is 10.1 Å². The number of aromatic nitrogens is 1. The van der Waals surface area contributed by atoms with E-state index in [1.54, 1.807) is 6.20 Å². The monoisotopic (exact) mass is 206 g/mol. The minimum atomic E-state index is 0.408. The van der Waals surface area contributed by atoms with Gasteiger partial charge in [-0.25, -0.2) is 0 Å². The Morgan fingerprint density at radius 3 is 3.00 bits per heavy atom. The third-order valence-electron chi connectivity index (χ3n) is 2.86. The molecule has 3 nitrogen and oxygen atoms in total. The summed E-state index contributed by atoms with van der Waals surface area (Å²) in [5.74, 6) is 1.75. The summed E-state index contributed by atoms with van der Waals surface area (Å²) >= 11 is 0. The molecule has 1 aliphatic rings. The fraction of sp³-hybridized carbons (Fsp3) is 0.583. The maximum atomic E-state index is 5.84. The molecule has 0 atom stereocenters. The van der Waals surface area contributed by atoms with E-state index < -0.39 is 0 Å². The quantitative estimate of drug-likeness (QED) is 0.815. The summed E-state index contributed by atoms with van der Waals surface area (Å²) in [6, 6.07) is 3.92. The van der Waals surface area contributed by atoms with Crippen molar-refractivity contribution in [1.29, 1.82) is 0 Å². The fourth-order valence-corrected chi connectivity index (χ4v) is 2.01. The van der Waals surface area contributed by atoms with Crippen molar-refractivity contribution in [2.24, 2.45) is 5.92 Å². The van der Waals surface area contributed by atoms with Crippen LogP contribution in [0.5, 0.6) is 5.75 Å². The zero-order valence-corrected chi connectivity index (χ0v) is 9.36. The van der Waals surface area contributed by atoms with Crippen LogP contribution in [-0.2, 0) is 0 Å². The van der Waals surface area contributed by atoms with Crippen molar-refractivity contribution >= 4 is 0 Å². The van der Waals surface area contributed by atoms with Crippen LogP contribution in [0.25, 0.3) is 0 Å². The third-order valence-corrected chi connectivity index (χ3v) is 2.86. The zero-order valence-electron chi connectivity index (χ0n) is 9.36. The normalized spacial score (nSPS) is 24.7. The molecule has 1 aromatic heterocycles. The van der Waals surface area contributed by atoms with Gasteiger partial charge in [-0.05, 0) is 45.3 Å². The Hall–Kier alpha value is -1.09. The summed E-state index contributed by atoms with van der Waals surface area (Å²) in [4.78, 5) is 4.15. The van der Waals surface area contributed by atoms with Gasteiger partial charge in [-0.1, -0.05) is 0 Å². The first-order chi connectivity index (χ1) is 7.28. The predicted octanol–water partition coefficient (Wildman–Crippen LogP) is 1.77. The highest BCUT2D eigenvalue weighted by molar-refractivity contribution is 5.22. The Kier molecular flexibility index (Phi) is 3.21. The van der Waals surface area contributed by atoms with Crippen LogP contribution in [-0.4, -0.2) is 24.7 Å². The first-order valence-electron chi connectivity index (χ1n) is 5.52. The molecule has 0 bridgehead atoms. The standard InChI is InChI=1S/C12H18N2O/c1-9-5-11(3-4-14-9)15-12-6-10(7-12)8-13-2/h3-5,10,12-13H,6-8H2,1-2H3. The molecule has 0 saturated heterocycles. The number of nitrogens with one attached hydrogen (secondary N) is 1. The van der Waals surface area contributed by atoms with Crippen molar-refractivity contribution in [1.82, 2.24) is 10.3 Å². The molecule has 1 fully saturated rings. The van der Waals surface area contributed by atoms with Gasteiger partial charge in [0, 0.05) is 18.0 Å². The van der Waals surface area contributed by atoms with Gasteiger partial charge in [-0.3, -0.25) is 4.98 Å². The molecule has 1 aliphatic carbocycles. The number of rotatable bonds is 4. The minimum Gasteiger partial charge on any atom is -0.490 e. The Bertz CT molecular complexity index is 321. The van der Waals surface area contributed by atoms with E-state index in [1.807, 2.05) is 26.1 Å². The predicted molar refractivity (Wildman–Crippen MR) is 60.0 cm³/mol. The number of ether oxygens (including phenoxy) is 1. The molecule has 0 unspecified atom stereocenters. The minimum absolute atomic E-state index is 0.408. The van der Waals surface area contributed by atoms with Crippen molar-refractivity contribution in [2.75, 3.05) is 13.6 Å². The van der Waals surface area contributed by atoms with E-state index >= 15 is 0 Å². The fourth-order valence-electron chi connectivity index (χ4n) is 2.01. The lowest BCUT2D eigenvalue weighted by Crippen LogP contribution is -2.38. The molecule has 0 spiro atoms. The molecule has 1 saturated carbocycles. The molecule has 3 heteroatoms. The van der Waals surface area contributed by atoms with Gasteiger partial charge in [0.25, 0.3) is 0 Å². The van der Waals surface area contributed by atoms with Crippen LogP contribution in [0.3, 0.4) is 0 Å². The van der Waals surface area contributed by atoms with E-state index in [2.05, 4.69) is 10.3 Å². The number of nitrogens with zero attached hydrogens (tertiary/aromatic N) is 1. The van der Waals surface area contributed by atoms with Gasteiger partial charge in [-0.2, -0.15) is 0 Å². The Labute approximate surface area is 90.9 Å². The highest BCUT2D eigenvalue weighted by Crippen LogP contribution is 2.30. The van der Waals surface area contributed by atoms with Crippen molar-refractivity contribution in [3.63, 3.8) is 0 Å². The van der Waals surface area contributed by atoms with Gasteiger partial charge in [0.05, 0.1) is 6.10 Å². The van der Waals surface area contributed by atoms with Crippen LogP contribution in [0.2, 0.25) is 0 Å². The molecule has 1 aromatic rings. The van der Waals surface area contributed by atoms with Crippen LogP contribution in [0.1, 0.15) is 18.5 Å². The molecule has 0 amide bonds. The summed E-state index contributed by atoms with van der Waals surface area (Å²) in [5, 5.41) is 3.20. The summed E-state index contributed by atoms with van der Waals surface area (Å²) < 4.78 is 5.84. The van der Waals surface area contributed by atoms with Gasteiger partial charge >= 0.3 is 0 Å². The Morgan fingerprint density at radius 2 is 2.33 bits per heavy atom. The maximum absolute atomic E-state index is 5.84. The van der Waals surface area contributed by atoms with Gasteiger partial charge in [0.2, 0.25) is 0 Å². The Balaban J connectivity index is 1.80. The van der Waals surface area contributed by atoms with Crippen LogP contribution in [0.15, 0.2) is 18.3 Å². The highest BCUT2D eigenvalue weighted by atomic mass is 16.5. The second-order valence-electron chi connectivity index (χ2n) is 4.27. The lowest BCUT2D eigenvalue weighted by atomic mass is 9.82. The van der Waals surface area contributed by atoms with Gasteiger partial charge in [0.15, 0.2) is 0 Å². The summed E-state index contributed by atoms with van der Waals surface area (Å²) in [5.41, 5.74) is 1.01. The van der Waals surface area contributed by atoms with Gasteiger partial charge in [0.1, 0.15) is 5.75 Å². The number of pyridine rings is 1. The van der Waals surface area contributed by atoms with Crippen molar-refractivity contribution < 1.29 is 4.74 Å². The molecular formula is C12H18N2O. The van der Waals surface area contributed by atoms with Crippen LogP contribution < -0.4 is 10.1 Å². The number of hydrogen-bond acceptors (Lipinski definition) is 3. The largest absolute Gasteiger partial charge is 0.490 e. The van der Waals surface area contributed by atoms with E-state index in [1.165, 1.54) is 12.8 Å². The molecule has 0 radical (unpaired) electrons. The lowest BCUT2D eigenvalue weighted by molar-refractivity contribution is 0.0656. The number of aryl methyl sites for hydroxylation is 1. The lowest BCUT2D eigenvalue weighted by Gasteiger charge is -2.35. The maximum Gasteiger partial charge on any atom is 0.123 e. The molecular weight excluding hydrogens is 188 g/mol. The van der Waals surface area contributed by atoms with Crippen molar-refractivity contribution in [3.05, 3.63) is 24.0 Å². The number of hydrogen-bond donors (Lipinski definition) is 1. The smallest absolute Gasteiger partial charge is 0.123 e. The average molecular weight is 206 g/mol. The summed E-state index contributed by atoms with van der Waals surface area (Å²) in [6.07, 6.45) is 4.55. The average Bonchev–Trinajstić information content (AvgIpc) is 2.15. The second kappa shape index (κ2) is 4.62. The SMILES string of the molecule is CNCC1CC(Oc2ccnc(C)c2)C1. The van der Waals surface area contributed by atoms with E-state index in [0.29, 0.717) is 6.10 Å². The van der Waals surface area contributed by atoms with Crippen LogP contribution in [0.4, 0.5) is 0 Å².